The Morgan fingerprint density at radius 1 is 1.39 bits per heavy atom. The Morgan fingerprint density at radius 2 is 1.94 bits per heavy atom. The highest BCUT2D eigenvalue weighted by atomic mass is 35.5. The summed E-state index contributed by atoms with van der Waals surface area (Å²) in [5.74, 6) is -0.191. The van der Waals surface area contributed by atoms with Crippen molar-refractivity contribution in [3.63, 3.8) is 0 Å². The summed E-state index contributed by atoms with van der Waals surface area (Å²) in [7, 11) is 0. The Kier molecular flexibility index (Phi) is 4.93. The second-order valence-electron chi connectivity index (χ2n) is 4.88. The first kappa shape index (κ1) is 14.7. The molecule has 0 spiro atoms. The number of nitrogens with one attached hydrogen (secondary N) is 1. The van der Waals surface area contributed by atoms with Crippen LogP contribution in [0.2, 0.25) is 5.02 Å². The highest BCUT2D eigenvalue weighted by molar-refractivity contribution is 6.30. The third-order valence-electron chi connectivity index (χ3n) is 2.46. The van der Waals surface area contributed by atoms with E-state index >= 15 is 0 Å². The number of rotatable bonds is 4. The average Bonchev–Trinajstić information content (AvgIpc) is 2.31. The average molecular weight is 268 g/mol. The number of hydrogen-bond acceptors (Lipinski definition) is 2. The Balaban J connectivity index is 2.77. The molecule has 0 atom stereocenters. The molecule has 3 nitrogen and oxygen atoms in total. The summed E-state index contributed by atoms with van der Waals surface area (Å²) in [6.45, 7) is 5.16. The van der Waals surface area contributed by atoms with Crippen LogP contribution < -0.4 is 5.32 Å². The van der Waals surface area contributed by atoms with Gasteiger partial charge in [-0.25, -0.2) is 0 Å². The fourth-order valence-corrected chi connectivity index (χ4v) is 1.45. The lowest BCUT2D eigenvalue weighted by Gasteiger charge is -2.23. The maximum atomic E-state index is 11.9. The van der Waals surface area contributed by atoms with E-state index in [0.29, 0.717) is 10.6 Å². The normalized spacial score (nSPS) is 12.4. The summed E-state index contributed by atoms with van der Waals surface area (Å²) in [6.07, 6.45) is 1.78. The Labute approximate surface area is 112 Å². The van der Waals surface area contributed by atoms with E-state index < -0.39 is 5.54 Å². The van der Waals surface area contributed by atoms with Gasteiger partial charge in [-0.15, -0.1) is 0 Å². The second kappa shape index (κ2) is 6.03. The Morgan fingerprint density at radius 3 is 2.44 bits per heavy atom. The maximum Gasteiger partial charge on any atom is 0.247 e. The van der Waals surface area contributed by atoms with E-state index in [9.17, 15) is 4.79 Å². The molecule has 0 saturated carbocycles. The van der Waals surface area contributed by atoms with Crippen molar-refractivity contribution in [2.75, 3.05) is 6.61 Å². The van der Waals surface area contributed by atoms with Crippen molar-refractivity contribution in [2.45, 2.75) is 26.3 Å². The largest absolute Gasteiger partial charge is 0.394 e. The zero-order valence-electron chi connectivity index (χ0n) is 10.8. The minimum Gasteiger partial charge on any atom is -0.394 e. The summed E-state index contributed by atoms with van der Waals surface area (Å²) in [5.41, 5.74) is 0.874. The van der Waals surface area contributed by atoms with E-state index in [1.54, 1.807) is 39.0 Å². The van der Waals surface area contributed by atoms with Crippen molar-refractivity contribution in [1.29, 1.82) is 0 Å². The molecule has 18 heavy (non-hydrogen) atoms. The molecule has 0 fully saturated rings. The summed E-state index contributed by atoms with van der Waals surface area (Å²) < 4.78 is 0. The topological polar surface area (TPSA) is 49.3 Å². The van der Waals surface area contributed by atoms with E-state index in [0.717, 1.165) is 5.56 Å². The number of carbonyl (C=O) groups excluding carboxylic acids is 1. The first-order valence-electron chi connectivity index (χ1n) is 5.71. The van der Waals surface area contributed by atoms with Crippen LogP contribution in [0.4, 0.5) is 0 Å². The number of halogens is 1. The molecule has 0 aliphatic heterocycles. The van der Waals surface area contributed by atoms with Crippen LogP contribution in [0.25, 0.3) is 6.08 Å². The van der Waals surface area contributed by atoms with Crippen molar-refractivity contribution in [2.24, 2.45) is 0 Å². The number of aliphatic hydroxyl groups is 1. The van der Waals surface area contributed by atoms with Crippen LogP contribution >= 0.6 is 11.6 Å². The fourth-order valence-electron chi connectivity index (χ4n) is 1.32. The van der Waals surface area contributed by atoms with Crippen LogP contribution in [0.15, 0.2) is 29.8 Å². The van der Waals surface area contributed by atoms with E-state index in [-0.39, 0.29) is 12.5 Å². The standard InChI is InChI=1S/C14H18ClNO2/c1-10(13(18)16-14(2,3)9-17)8-11-4-6-12(15)7-5-11/h4-8,17H,9H2,1-3H3,(H,16,18)/b10-8-. The van der Waals surface area contributed by atoms with Gasteiger partial charge in [0.25, 0.3) is 0 Å². The summed E-state index contributed by atoms with van der Waals surface area (Å²) in [5, 5.41) is 12.5. The Hall–Kier alpha value is -1.32. The zero-order chi connectivity index (χ0) is 13.8. The monoisotopic (exact) mass is 267 g/mol. The summed E-state index contributed by atoms with van der Waals surface area (Å²) >= 11 is 5.79. The number of aliphatic hydroxyl groups excluding tert-OH is 1. The quantitative estimate of drug-likeness (QED) is 0.824. The van der Waals surface area contributed by atoms with E-state index in [4.69, 9.17) is 16.7 Å². The van der Waals surface area contributed by atoms with Gasteiger partial charge in [-0.3, -0.25) is 4.79 Å². The predicted molar refractivity (Wildman–Crippen MR) is 74.4 cm³/mol. The van der Waals surface area contributed by atoms with Crippen LogP contribution in [-0.2, 0) is 4.79 Å². The van der Waals surface area contributed by atoms with E-state index in [2.05, 4.69) is 5.32 Å². The molecule has 0 saturated heterocycles. The van der Waals surface area contributed by atoms with Crippen LogP contribution in [-0.4, -0.2) is 23.2 Å². The zero-order valence-corrected chi connectivity index (χ0v) is 11.6. The molecule has 0 radical (unpaired) electrons. The highest BCUT2D eigenvalue weighted by Gasteiger charge is 2.19. The van der Waals surface area contributed by atoms with Gasteiger partial charge in [0.05, 0.1) is 12.1 Å². The molecule has 0 aliphatic carbocycles. The molecule has 4 heteroatoms. The van der Waals surface area contributed by atoms with Gasteiger partial charge in [-0.2, -0.15) is 0 Å². The molecule has 0 aliphatic rings. The van der Waals surface area contributed by atoms with Gasteiger partial charge >= 0.3 is 0 Å². The fraction of sp³-hybridized carbons (Fsp3) is 0.357. The molecule has 2 N–H and O–H groups in total. The van der Waals surface area contributed by atoms with Gasteiger partial charge < -0.3 is 10.4 Å². The van der Waals surface area contributed by atoms with E-state index in [1.165, 1.54) is 0 Å². The van der Waals surface area contributed by atoms with Crippen molar-refractivity contribution in [3.05, 3.63) is 40.4 Å². The van der Waals surface area contributed by atoms with Crippen molar-refractivity contribution in [3.8, 4) is 0 Å². The molecule has 0 aromatic heterocycles. The second-order valence-corrected chi connectivity index (χ2v) is 5.31. The van der Waals surface area contributed by atoms with Crippen molar-refractivity contribution in [1.82, 2.24) is 5.32 Å². The van der Waals surface area contributed by atoms with Crippen LogP contribution in [0.1, 0.15) is 26.3 Å². The van der Waals surface area contributed by atoms with Gasteiger partial charge in [0.15, 0.2) is 0 Å². The lowest BCUT2D eigenvalue weighted by Crippen LogP contribution is -2.46. The minimum absolute atomic E-state index is 0.104. The van der Waals surface area contributed by atoms with Gasteiger partial charge in [-0.05, 0) is 44.5 Å². The molecule has 0 unspecified atom stereocenters. The number of carbonyl (C=O) groups is 1. The molecular weight excluding hydrogens is 250 g/mol. The molecular formula is C14H18ClNO2. The van der Waals surface area contributed by atoms with Crippen LogP contribution in [0.3, 0.4) is 0 Å². The molecule has 0 bridgehead atoms. The minimum atomic E-state index is -0.619. The van der Waals surface area contributed by atoms with Crippen LogP contribution in [0.5, 0.6) is 0 Å². The molecule has 1 aromatic rings. The van der Waals surface area contributed by atoms with Gasteiger partial charge in [0.1, 0.15) is 0 Å². The highest BCUT2D eigenvalue weighted by Crippen LogP contribution is 2.13. The van der Waals surface area contributed by atoms with Gasteiger partial charge in [-0.1, -0.05) is 23.7 Å². The lowest BCUT2D eigenvalue weighted by molar-refractivity contribution is -0.119. The Bertz CT molecular complexity index is 449. The van der Waals surface area contributed by atoms with Crippen LogP contribution in [0, 0.1) is 0 Å². The first-order valence-corrected chi connectivity index (χ1v) is 6.09. The maximum absolute atomic E-state index is 11.9. The number of amides is 1. The summed E-state index contributed by atoms with van der Waals surface area (Å²) in [4.78, 5) is 11.9. The van der Waals surface area contributed by atoms with Crippen molar-refractivity contribution >= 4 is 23.6 Å². The third-order valence-corrected chi connectivity index (χ3v) is 2.71. The smallest absolute Gasteiger partial charge is 0.247 e. The first-order chi connectivity index (χ1) is 8.34. The number of benzene rings is 1. The van der Waals surface area contributed by atoms with Crippen molar-refractivity contribution < 1.29 is 9.90 Å². The van der Waals surface area contributed by atoms with Gasteiger partial charge in [0, 0.05) is 10.6 Å². The lowest BCUT2D eigenvalue weighted by atomic mass is 10.1. The number of hydrogen-bond donors (Lipinski definition) is 2. The molecule has 98 valence electrons. The summed E-state index contributed by atoms with van der Waals surface area (Å²) in [6, 6.07) is 7.24. The third kappa shape index (κ3) is 4.51. The molecule has 1 amide bonds. The molecule has 1 aromatic carbocycles. The molecule has 0 heterocycles. The molecule has 1 rings (SSSR count). The van der Waals surface area contributed by atoms with E-state index in [1.807, 2.05) is 12.1 Å². The van der Waals surface area contributed by atoms with Gasteiger partial charge in [0.2, 0.25) is 5.91 Å². The predicted octanol–water partition coefficient (Wildman–Crippen LogP) is 2.63. The SMILES string of the molecule is C/C(=C/c1ccc(Cl)cc1)C(=O)NC(C)(C)CO.